The highest BCUT2D eigenvalue weighted by atomic mass is 19.1. The van der Waals surface area contributed by atoms with E-state index in [4.69, 9.17) is 0 Å². The van der Waals surface area contributed by atoms with Crippen molar-refractivity contribution in [2.75, 3.05) is 11.9 Å². The topological polar surface area (TPSA) is 55.7 Å². The van der Waals surface area contributed by atoms with Gasteiger partial charge in [0.05, 0.1) is 22.8 Å². The first-order valence-electron chi connectivity index (χ1n) is 10.5. The molecule has 0 saturated heterocycles. The van der Waals surface area contributed by atoms with Crippen LogP contribution in [0.2, 0.25) is 0 Å². The van der Waals surface area contributed by atoms with Crippen LogP contribution in [0, 0.1) is 40.7 Å². The van der Waals surface area contributed by atoms with E-state index in [0.717, 1.165) is 35.5 Å². The molecule has 2 aromatic carbocycles. The van der Waals surface area contributed by atoms with Crippen LogP contribution in [0.15, 0.2) is 30.5 Å². The molecule has 2 aliphatic carbocycles. The molecule has 3 aliphatic rings. The lowest BCUT2D eigenvalue weighted by Gasteiger charge is -2.55. The molecule has 0 radical (unpaired) electrons. The van der Waals surface area contributed by atoms with Crippen LogP contribution in [-0.2, 0) is 5.54 Å². The van der Waals surface area contributed by atoms with Crippen molar-refractivity contribution < 1.29 is 8.78 Å². The third kappa shape index (κ3) is 2.01. The standard InChI is InChI=1S/C24H22F2N4/c1-24(16-8-14(10-27)17(25)9-18(16)26)23-13-4-3-12(7-13)21(23)22-15-11-28-29-19(15)5-6-20(22)30(24)2/h5-6,8-9,11-13,21,23H,3-4,7H2,1-2H3,(H,28,29)/t12?,13?,21-,23-,24+/m1/s1. The minimum Gasteiger partial charge on any atom is -0.364 e. The molecule has 2 saturated carbocycles. The van der Waals surface area contributed by atoms with Gasteiger partial charge in [-0.05, 0) is 73.6 Å². The Balaban J connectivity index is 1.66. The first-order valence-corrected chi connectivity index (χ1v) is 10.5. The SMILES string of the molecule is CN1c2ccc3[nH]ncc3c2[C@H]2C3CCC(C3)[C@H]2[C@]1(C)c1cc(C#N)c(F)cc1F. The predicted molar refractivity (Wildman–Crippen MR) is 110 cm³/mol. The monoisotopic (exact) mass is 404 g/mol. The molecule has 0 amide bonds. The quantitative estimate of drug-likeness (QED) is 0.606. The number of nitrogens with one attached hydrogen (secondary N) is 1. The average Bonchev–Trinajstić information content (AvgIpc) is 3.47. The number of anilines is 1. The van der Waals surface area contributed by atoms with Gasteiger partial charge in [0.15, 0.2) is 0 Å². The van der Waals surface area contributed by atoms with E-state index in [0.29, 0.717) is 23.3 Å². The summed E-state index contributed by atoms with van der Waals surface area (Å²) in [6.07, 6.45) is 5.37. The van der Waals surface area contributed by atoms with Gasteiger partial charge in [0.1, 0.15) is 17.7 Å². The van der Waals surface area contributed by atoms with Crippen molar-refractivity contribution in [2.45, 2.75) is 37.6 Å². The number of hydrogen-bond donors (Lipinski definition) is 1. The Hall–Kier alpha value is -2.94. The zero-order valence-corrected chi connectivity index (χ0v) is 16.9. The van der Waals surface area contributed by atoms with Crippen molar-refractivity contribution in [3.05, 3.63) is 58.8 Å². The normalized spacial score (nSPS) is 31.6. The Morgan fingerprint density at radius 2 is 2.00 bits per heavy atom. The molecule has 1 aliphatic heterocycles. The van der Waals surface area contributed by atoms with Gasteiger partial charge >= 0.3 is 0 Å². The molecule has 2 fully saturated rings. The number of H-pyrrole nitrogens is 1. The van der Waals surface area contributed by atoms with Gasteiger partial charge in [-0.2, -0.15) is 10.4 Å². The zero-order chi connectivity index (χ0) is 20.8. The van der Waals surface area contributed by atoms with Crippen LogP contribution in [0.4, 0.5) is 14.5 Å². The van der Waals surface area contributed by atoms with E-state index < -0.39 is 17.2 Å². The van der Waals surface area contributed by atoms with E-state index in [2.05, 4.69) is 28.1 Å². The highest BCUT2D eigenvalue weighted by molar-refractivity contribution is 5.89. The number of halogens is 2. The second-order valence-corrected chi connectivity index (χ2v) is 9.34. The number of nitriles is 1. The van der Waals surface area contributed by atoms with Gasteiger partial charge in [-0.3, -0.25) is 5.10 Å². The minimum atomic E-state index is -0.800. The van der Waals surface area contributed by atoms with E-state index >= 15 is 4.39 Å². The molecule has 30 heavy (non-hydrogen) atoms. The molecule has 6 heteroatoms. The maximum Gasteiger partial charge on any atom is 0.143 e. The van der Waals surface area contributed by atoms with Crippen LogP contribution in [0.5, 0.6) is 0 Å². The Morgan fingerprint density at radius 3 is 2.80 bits per heavy atom. The van der Waals surface area contributed by atoms with Crippen LogP contribution < -0.4 is 4.90 Å². The molecule has 3 aromatic rings. The van der Waals surface area contributed by atoms with Gasteiger partial charge in [-0.15, -0.1) is 0 Å². The molecule has 152 valence electrons. The summed E-state index contributed by atoms with van der Waals surface area (Å²) in [5.41, 5.74) is 3.05. The highest BCUT2D eigenvalue weighted by Crippen LogP contribution is 2.67. The van der Waals surface area contributed by atoms with Crippen LogP contribution in [0.1, 0.15) is 48.8 Å². The van der Waals surface area contributed by atoms with Gasteiger partial charge in [0.2, 0.25) is 0 Å². The average molecular weight is 404 g/mol. The van der Waals surface area contributed by atoms with Crippen LogP contribution >= 0.6 is 0 Å². The van der Waals surface area contributed by atoms with Crippen molar-refractivity contribution in [3.8, 4) is 6.07 Å². The number of fused-ring (bicyclic) bond motifs is 9. The van der Waals surface area contributed by atoms with Crippen molar-refractivity contribution in [3.63, 3.8) is 0 Å². The molecular formula is C24H22F2N4. The van der Waals surface area contributed by atoms with Gasteiger partial charge in [-0.1, -0.05) is 0 Å². The van der Waals surface area contributed by atoms with Crippen LogP contribution in [0.25, 0.3) is 10.9 Å². The van der Waals surface area contributed by atoms with Gasteiger partial charge in [0, 0.05) is 29.8 Å². The maximum atomic E-state index is 15.3. The van der Waals surface area contributed by atoms with Crippen molar-refractivity contribution in [1.82, 2.24) is 10.2 Å². The number of hydrogen-bond acceptors (Lipinski definition) is 3. The highest BCUT2D eigenvalue weighted by Gasteiger charge is 2.61. The summed E-state index contributed by atoms with van der Waals surface area (Å²) in [4.78, 5) is 2.16. The molecule has 6 rings (SSSR count). The second-order valence-electron chi connectivity index (χ2n) is 9.34. The second kappa shape index (κ2) is 5.81. The van der Waals surface area contributed by atoms with E-state index in [-0.39, 0.29) is 11.5 Å². The summed E-state index contributed by atoms with van der Waals surface area (Å²) in [6.45, 7) is 2.07. The lowest BCUT2D eigenvalue weighted by atomic mass is 9.60. The molecular weight excluding hydrogens is 382 g/mol. The number of rotatable bonds is 1. The molecule has 2 heterocycles. The summed E-state index contributed by atoms with van der Waals surface area (Å²) in [6, 6.07) is 8.32. The molecule has 5 atom stereocenters. The van der Waals surface area contributed by atoms with Crippen LogP contribution in [0.3, 0.4) is 0 Å². The molecule has 0 spiro atoms. The Labute approximate surface area is 173 Å². The molecule has 2 unspecified atom stereocenters. The lowest BCUT2D eigenvalue weighted by molar-refractivity contribution is 0.154. The fraction of sp³-hybridized carbons (Fsp3) is 0.417. The van der Waals surface area contributed by atoms with Crippen molar-refractivity contribution >= 4 is 16.6 Å². The summed E-state index contributed by atoms with van der Waals surface area (Å²) in [7, 11) is 2.00. The van der Waals surface area contributed by atoms with E-state index in [1.807, 2.05) is 25.4 Å². The van der Waals surface area contributed by atoms with Gasteiger partial charge in [-0.25, -0.2) is 8.78 Å². The van der Waals surface area contributed by atoms with E-state index in [1.165, 1.54) is 18.1 Å². The largest absolute Gasteiger partial charge is 0.364 e. The zero-order valence-electron chi connectivity index (χ0n) is 16.9. The first-order chi connectivity index (χ1) is 14.4. The third-order valence-corrected chi connectivity index (χ3v) is 8.32. The van der Waals surface area contributed by atoms with Gasteiger partial charge in [0.25, 0.3) is 0 Å². The maximum absolute atomic E-state index is 15.3. The Kier molecular flexibility index (Phi) is 3.46. The minimum absolute atomic E-state index is 0.100. The predicted octanol–water partition coefficient (Wildman–Crippen LogP) is 5.21. The molecule has 2 bridgehead atoms. The summed E-state index contributed by atoms with van der Waals surface area (Å²) < 4.78 is 29.4. The Bertz CT molecular complexity index is 1240. The smallest absolute Gasteiger partial charge is 0.143 e. The van der Waals surface area contributed by atoms with Gasteiger partial charge < -0.3 is 4.90 Å². The Morgan fingerprint density at radius 1 is 1.20 bits per heavy atom. The molecule has 1 N–H and O–H groups in total. The third-order valence-electron chi connectivity index (χ3n) is 8.32. The fourth-order valence-electron chi connectivity index (χ4n) is 7.04. The lowest BCUT2D eigenvalue weighted by Crippen LogP contribution is -2.55. The van der Waals surface area contributed by atoms with Crippen molar-refractivity contribution in [1.29, 1.82) is 5.26 Å². The van der Waals surface area contributed by atoms with E-state index in [1.54, 1.807) is 0 Å². The van der Waals surface area contributed by atoms with Crippen LogP contribution in [-0.4, -0.2) is 17.2 Å². The number of nitrogens with zero attached hydrogens (tertiary/aromatic N) is 3. The molecule has 1 aromatic heterocycles. The van der Waals surface area contributed by atoms with E-state index in [9.17, 15) is 9.65 Å². The number of benzene rings is 2. The summed E-state index contributed by atoms with van der Waals surface area (Å²) in [5.74, 6) is 0.169. The van der Waals surface area contributed by atoms with Crippen molar-refractivity contribution in [2.24, 2.45) is 17.8 Å². The number of aromatic nitrogens is 2. The molecule has 4 nitrogen and oxygen atoms in total. The first kappa shape index (κ1) is 17.9. The summed E-state index contributed by atoms with van der Waals surface area (Å²) in [5, 5.41) is 17.9. The fourth-order valence-corrected chi connectivity index (χ4v) is 7.04. The number of aromatic amines is 1. The summed E-state index contributed by atoms with van der Waals surface area (Å²) >= 11 is 0.